The van der Waals surface area contributed by atoms with E-state index in [0.29, 0.717) is 6.54 Å². The summed E-state index contributed by atoms with van der Waals surface area (Å²) in [5.41, 5.74) is 2.39. The summed E-state index contributed by atoms with van der Waals surface area (Å²) in [6.07, 6.45) is 5.58. The van der Waals surface area contributed by atoms with Gasteiger partial charge in [-0.1, -0.05) is 0 Å². The van der Waals surface area contributed by atoms with E-state index in [2.05, 4.69) is 26.0 Å². The molecule has 3 heteroatoms. The second-order valence-corrected chi connectivity index (χ2v) is 4.91. The summed E-state index contributed by atoms with van der Waals surface area (Å²) in [6.45, 7) is 6.47. The number of rotatable bonds is 2. The van der Waals surface area contributed by atoms with E-state index < -0.39 is 0 Å². The SMILES string of the molecule is Cc1cc[n+](CC(=O)N2CCCCC2)c(C)c1. The largest absolute Gasteiger partial charge is 0.337 e. The summed E-state index contributed by atoms with van der Waals surface area (Å²) >= 11 is 0. The number of carbonyl (C=O) groups is 1. The molecule has 0 unspecified atom stereocenters. The van der Waals surface area contributed by atoms with Gasteiger partial charge in [0, 0.05) is 32.1 Å². The molecule has 0 aliphatic carbocycles. The standard InChI is InChI=1S/C14H21N2O/c1-12-6-9-16(13(2)10-12)11-14(17)15-7-4-3-5-8-15/h6,9-10H,3-5,7-8,11H2,1-2H3/q+1. The number of aryl methyl sites for hydroxylation is 2. The van der Waals surface area contributed by atoms with Gasteiger partial charge in [-0.2, -0.15) is 4.57 Å². The van der Waals surface area contributed by atoms with Crippen molar-refractivity contribution in [3.05, 3.63) is 29.6 Å². The van der Waals surface area contributed by atoms with E-state index in [4.69, 9.17) is 0 Å². The van der Waals surface area contributed by atoms with Crippen molar-refractivity contribution in [1.29, 1.82) is 0 Å². The minimum atomic E-state index is 0.252. The molecule has 1 amide bonds. The molecular weight excluding hydrogens is 212 g/mol. The Bertz CT molecular complexity index is 409. The lowest BCUT2D eigenvalue weighted by Crippen LogP contribution is -2.47. The van der Waals surface area contributed by atoms with E-state index in [-0.39, 0.29) is 5.91 Å². The summed E-state index contributed by atoms with van der Waals surface area (Å²) in [5, 5.41) is 0. The Morgan fingerprint density at radius 1 is 1.29 bits per heavy atom. The van der Waals surface area contributed by atoms with Crippen LogP contribution in [0.25, 0.3) is 0 Å². The molecule has 2 heterocycles. The number of piperidine rings is 1. The molecule has 2 rings (SSSR count). The third kappa shape index (κ3) is 3.05. The second-order valence-electron chi connectivity index (χ2n) is 4.91. The van der Waals surface area contributed by atoms with Crippen LogP contribution in [0.2, 0.25) is 0 Å². The average molecular weight is 233 g/mol. The van der Waals surface area contributed by atoms with Gasteiger partial charge < -0.3 is 4.90 Å². The van der Waals surface area contributed by atoms with Gasteiger partial charge in [-0.15, -0.1) is 0 Å². The van der Waals surface area contributed by atoms with Gasteiger partial charge in [0.15, 0.2) is 11.9 Å². The first-order valence-electron chi connectivity index (χ1n) is 6.41. The van der Waals surface area contributed by atoms with Crippen LogP contribution in [0.3, 0.4) is 0 Å². The molecule has 0 atom stereocenters. The van der Waals surface area contributed by atoms with Gasteiger partial charge in [0.1, 0.15) is 0 Å². The lowest BCUT2D eigenvalue weighted by atomic mass is 10.1. The van der Waals surface area contributed by atoms with E-state index in [1.54, 1.807) is 0 Å². The quantitative estimate of drug-likeness (QED) is 0.712. The summed E-state index contributed by atoms with van der Waals surface area (Å²) in [5.74, 6) is 0.252. The Morgan fingerprint density at radius 3 is 2.65 bits per heavy atom. The Morgan fingerprint density at radius 2 is 2.00 bits per heavy atom. The maximum atomic E-state index is 12.1. The van der Waals surface area contributed by atoms with Gasteiger partial charge >= 0.3 is 0 Å². The molecule has 0 radical (unpaired) electrons. The Labute approximate surface area is 103 Å². The Kier molecular flexibility index (Phi) is 3.77. The number of hydrogen-bond acceptors (Lipinski definition) is 1. The van der Waals surface area contributed by atoms with Crippen molar-refractivity contribution in [1.82, 2.24) is 4.90 Å². The lowest BCUT2D eigenvalue weighted by Gasteiger charge is -2.25. The van der Waals surface area contributed by atoms with E-state index in [1.807, 2.05) is 15.7 Å². The molecule has 1 saturated heterocycles. The van der Waals surface area contributed by atoms with E-state index in [9.17, 15) is 4.79 Å². The summed E-state index contributed by atoms with van der Waals surface area (Å²) in [7, 11) is 0. The van der Waals surface area contributed by atoms with Crippen LogP contribution in [0.5, 0.6) is 0 Å². The first-order chi connectivity index (χ1) is 8.16. The zero-order valence-corrected chi connectivity index (χ0v) is 10.8. The predicted molar refractivity (Wildman–Crippen MR) is 66.5 cm³/mol. The van der Waals surface area contributed by atoms with Crippen molar-refractivity contribution in [2.75, 3.05) is 13.1 Å². The van der Waals surface area contributed by atoms with Crippen LogP contribution < -0.4 is 4.57 Å². The molecule has 3 nitrogen and oxygen atoms in total. The maximum absolute atomic E-state index is 12.1. The number of aromatic nitrogens is 1. The van der Waals surface area contributed by atoms with Crippen molar-refractivity contribution in [2.24, 2.45) is 0 Å². The van der Waals surface area contributed by atoms with Crippen molar-refractivity contribution in [3.63, 3.8) is 0 Å². The highest BCUT2D eigenvalue weighted by molar-refractivity contribution is 5.74. The predicted octanol–water partition coefficient (Wildman–Crippen LogP) is 1.60. The van der Waals surface area contributed by atoms with Crippen molar-refractivity contribution >= 4 is 5.91 Å². The number of carbonyl (C=O) groups excluding carboxylic acids is 1. The Balaban J connectivity index is 2.02. The highest BCUT2D eigenvalue weighted by Gasteiger charge is 2.20. The molecule has 0 saturated carbocycles. The highest BCUT2D eigenvalue weighted by Crippen LogP contribution is 2.08. The topological polar surface area (TPSA) is 24.2 Å². The minimum absolute atomic E-state index is 0.252. The van der Waals surface area contributed by atoms with E-state index >= 15 is 0 Å². The zero-order chi connectivity index (χ0) is 12.3. The molecule has 1 aromatic heterocycles. The summed E-state index contributed by atoms with van der Waals surface area (Å²) in [6, 6.07) is 4.17. The molecule has 1 aromatic rings. The highest BCUT2D eigenvalue weighted by atomic mass is 16.2. The monoisotopic (exact) mass is 233 g/mol. The molecule has 1 fully saturated rings. The molecule has 1 aliphatic heterocycles. The number of likely N-dealkylation sites (tertiary alicyclic amines) is 1. The molecule has 1 aliphatic rings. The maximum Gasteiger partial charge on any atom is 0.288 e. The zero-order valence-electron chi connectivity index (χ0n) is 10.8. The lowest BCUT2D eigenvalue weighted by molar-refractivity contribution is -0.691. The molecule has 0 aromatic carbocycles. The van der Waals surface area contributed by atoms with Crippen LogP contribution in [-0.2, 0) is 11.3 Å². The number of hydrogen-bond donors (Lipinski definition) is 0. The normalized spacial score (nSPS) is 16.0. The summed E-state index contributed by atoms with van der Waals surface area (Å²) in [4.78, 5) is 14.1. The molecule has 0 spiro atoms. The third-order valence-corrected chi connectivity index (χ3v) is 3.42. The smallest absolute Gasteiger partial charge is 0.288 e. The molecule has 0 bridgehead atoms. The van der Waals surface area contributed by atoms with Crippen LogP contribution in [0.1, 0.15) is 30.5 Å². The molecule has 92 valence electrons. The van der Waals surface area contributed by atoms with Crippen molar-refractivity contribution in [2.45, 2.75) is 39.7 Å². The van der Waals surface area contributed by atoms with Gasteiger partial charge in [-0.05, 0) is 31.7 Å². The number of pyridine rings is 1. The first-order valence-corrected chi connectivity index (χ1v) is 6.41. The fourth-order valence-electron chi connectivity index (χ4n) is 2.35. The van der Waals surface area contributed by atoms with Crippen LogP contribution in [0.4, 0.5) is 0 Å². The van der Waals surface area contributed by atoms with Gasteiger partial charge in [0.05, 0.1) is 0 Å². The average Bonchev–Trinajstić information content (AvgIpc) is 2.34. The summed E-state index contributed by atoms with van der Waals surface area (Å²) < 4.78 is 2.03. The van der Waals surface area contributed by atoms with Gasteiger partial charge in [-0.3, -0.25) is 4.79 Å². The van der Waals surface area contributed by atoms with Gasteiger partial charge in [0.25, 0.3) is 5.91 Å². The Hall–Kier alpha value is -1.38. The second kappa shape index (κ2) is 5.30. The van der Waals surface area contributed by atoms with E-state index in [1.165, 1.54) is 12.0 Å². The van der Waals surface area contributed by atoms with Crippen molar-refractivity contribution in [3.8, 4) is 0 Å². The molecular formula is C14H21N2O+. The molecule has 17 heavy (non-hydrogen) atoms. The van der Waals surface area contributed by atoms with Crippen LogP contribution in [0.15, 0.2) is 18.3 Å². The first kappa shape index (κ1) is 12.1. The van der Waals surface area contributed by atoms with Crippen molar-refractivity contribution < 1.29 is 9.36 Å². The minimum Gasteiger partial charge on any atom is -0.337 e. The van der Waals surface area contributed by atoms with E-state index in [0.717, 1.165) is 31.6 Å². The van der Waals surface area contributed by atoms with Crippen LogP contribution in [-0.4, -0.2) is 23.9 Å². The third-order valence-electron chi connectivity index (χ3n) is 3.42. The van der Waals surface area contributed by atoms with Crippen LogP contribution in [0, 0.1) is 13.8 Å². The number of nitrogens with zero attached hydrogens (tertiary/aromatic N) is 2. The van der Waals surface area contributed by atoms with Gasteiger partial charge in [-0.25, -0.2) is 0 Å². The van der Waals surface area contributed by atoms with Crippen LogP contribution >= 0.6 is 0 Å². The number of amides is 1. The molecule has 0 N–H and O–H groups in total. The fraction of sp³-hybridized carbons (Fsp3) is 0.571. The van der Waals surface area contributed by atoms with Gasteiger partial charge in [0.2, 0.25) is 6.54 Å². The fourth-order valence-corrected chi connectivity index (χ4v) is 2.35.